The Hall–Kier alpha value is -2.23. The van der Waals surface area contributed by atoms with Crippen molar-refractivity contribution in [1.29, 1.82) is 0 Å². The van der Waals surface area contributed by atoms with E-state index in [1.54, 1.807) is 19.2 Å². The largest absolute Gasteiger partial charge is 0.497 e. The zero-order valence-corrected chi connectivity index (χ0v) is 11.6. The van der Waals surface area contributed by atoms with Gasteiger partial charge in [-0.25, -0.2) is 0 Å². The van der Waals surface area contributed by atoms with Crippen molar-refractivity contribution in [3.63, 3.8) is 0 Å². The third-order valence-corrected chi connectivity index (χ3v) is 3.88. The molecule has 0 saturated carbocycles. The van der Waals surface area contributed by atoms with E-state index in [1.165, 1.54) is 17.4 Å². The van der Waals surface area contributed by atoms with E-state index in [0.29, 0.717) is 12.3 Å². The van der Waals surface area contributed by atoms with Gasteiger partial charge in [-0.1, -0.05) is 6.07 Å². The molecule has 0 N–H and O–H groups in total. The maximum atomic E-state index is 12.4. The van der Waals surface area contributed by atoms with Gasteiger partial charge in [-0.15, -0.1) is 0 Å². The minimum absolute atomic E-state index is 0.0438. The molecule has 1 atom stereocenters. The maximum absolute atomic E-state index is 12.4. The first-order chi connectivity index (χ1) is 9.70. The fraction of sp³-hybridized carbons (Fsp3) is 0.312. The van der Waals surface area contributed by atoms with Crippen LogP contribution in [-0.4, -0.2) is 24.5 Å². The molecule has 2 aromatic rings. The number of furan rings is 1. The smallest absolute Gasteiger partial charge is 0.290 e. The van der Waals surface area contributed by atoms with Gasteiger partial charge in [-0.2, -0.15) is 0 Å². The minimum Gasteiger partial charge on any atom is -0.497 e. The molecule has 1 aromatic heterocycles. The van der Waals surface area contributed by atoms with E-state index in [2.05, 4.69) is 6.07 Å². The third kappa shape index (κ3) is 2.07. The normalized spacial score (nSPS) is 17.7. The van der Waals surface area contributed by atoms with Gasteiger partial charge in [0.15, 0.2) is 5.76 Å². The molecule has 0 fully saturated rings. The highest BCUT2D eigenvalue weighted by atomic mass is 16.5. The molecular weight excluding hydrogens is 254 g/mol. The molecule has 1 unspecified atom stereocenters. The van der Waals surface area contributed by atoms with Crippen LogP contribution in [0.5, 0.6) is 5.75 Å². The predicted octanol–water partition coefficient (Wildman–Crippen LogP) is 3.05. The Labute approximate surface area is 118 Å². The molecule has 1 amide bonds. The molecule has 3 rings (SSSR count). The van der Waals surface area contributed by atoms with Crippen LogP contribution in [0.2, 0.25) is 0 Å². The molecular formula is C16H17NO3. The summed E-state index contributed by atoms with van der Waals surface area (Å²) in [5, 5.41) is 0. The molecule has 104 valence electrons. The molecule has 0 aliphatic carbocycles. The standard InChI is InChI=1S/C16H17NO3/c1-11-14-6-5-13(19-2)10-12(14)7-8-17(11)16(18)15-4-3-9-20-15/h3-6,9-11H,7-8H2,1-2H3. The summed E-state index contributed by atoms with van der Waals surface area (Å²) in [7, 11) is 1.67. The fourth-order valence-corrected chi connectivity index (χ4v) is 2.75. The molecule has 4 nitrogen and oxygen atoms in total. The average Bonchev–Trinajstić information content (AvgIpc) is 3.01. The molecule has 1 aliphatic rings. The van der Waals surface area contributed by atoms with E-state index in [4.69, 9.17) is 9.15 Å². The van der Waals surface area contributed by atoms with Crippen LogP contribution in [0.4, 0.5) is 0 Å². The third-order valence-electron chi connectivity index (χ3n) is 3.88. The second-order valence-corrected chi connectivity index (χ2v) is 4.97. The summed E-state index contributed by atoms with van der Waals surface area (Å²) in [6.07, 6.45) is 2.37. The monoisotopic (exact) mass is 271 g/mol. The van der Waals surface area contributed by atoms with Crippen LogP contribution in [0.1, 0.15) is 34.6 Å². The van der Waals surface area contributed by atoms with E-state index in [-0.39, 0.29) is 11.9 Å². The summed E-state index contributed by atoms with van der Waals surface area (Å²) in [6.45, 7) is 2.74. The van der Waals surface area contributed by atoms with Crippen LogP contribution in [0.15, 0.2) is 41.0 Å². The number of amides is 1. The van der Waals surface area contributed by atoms with Crippen molar-refractivity contribution in [3.8, 4) is 5.75 Å². The van der Waals surface area contributed by atoms with Gasteiger partial charge in [0.05, 0.1) is 19.4 Å². The molecule has 0 spiro atoms. The zero-order valence-electron chi connectivity index (χ0n) is 11.6. The molecule has 0 radical (unpaired) electrons. The lowest BCUT2D eigenvalue weighted by Crippen LogP contribution is -2.38. The van der Waals surface area contributed by atoms with Crippen LogP contribution in [0.25, 0.3) is 0 Å². The Bertz CT molecular complexity index is 619. The van der Waals surface area contributed by atoms with Gasteiger partial charge in [0.2, 0.25) is 0 Å². The lowest BCUT2D eigenvalue weighted by molar-refractivity contribution is 0.0645. The molecule has 1 aromatic carbocycles. The molecule has 1 aliphatic heterocycles. The van der Waals surface area contributed by atoms with E-state index < -0.39 is 0 Å². The Morgan fingerprint density at radius 1 is 1.40 bits per heavy atom. The van der Waals surface area contributed by atoms with Gasteiger partial charge in [-0.05, 0) is 48.7 Å². The van der Waals surface area contributed by atoms with Gasteiger partial charge in [-0.3, -0.25) is 4.79 Å². The number of rotatable bonds is 2. The summed E-state index contributed by atoms with van der Waals surface area (Å²) in [5.74, 6) is 1.21. The molecule has 2 heterocycles. The molecule has 0 bridgehead atoms. The van der Waals surface area contributed by atoms with Gasteiger partial charge in [0.25, 0.3) is 5.91 Å². The Morgan fingerprint density at radius 2 is 2.25 bits per heavy atom. The minimum atomic E-state index is -0.0519. The fourth-order valence-electron chi connectivity index (χ4n) is 2.75. The van der Waals surface area contributed by atoms with Gasteiger partial charge < -0.3 is 14.1 Å². The van der Waals surface area contributed by atoms with E-state index in [9.17, 15) is 4.79 Å². The maximum Gasteiger partial charge on any atom is 0.290 e. The SMILES string of the molecule is COc1ccc2c(c1)CCN(C(=O)c1ccco1)C2C. The second kappa shape index (κ2) is 5.04. The van der Waals surface area contributed by atoms with E-state index >= 15 is 0 Å². The van der Waals surface area contributed by atoms with Crippen molar-refractivity contribution in [1.82, 2.24) is 4.90 Å². The number of methoxy groups -OCH3 is 1. The van der Waals surface area contributed by atoms with Gasteiger partial charge in [0, 0.05) is 6.54 Å². The first-order valence-corrected chi connectivity index (χ1v) is 6.72. The van der Waals surface area contributed by atoms with Crippen LogP contribution in [0.3, 0.4) is 0 Å². The van der Waals surface area contributed by atoms with Crippen molar-refractivity contribution < 1.29 is 13.9 Å². The van der Waals surface area contributed by atoms with Crippen molar-refractivity contribution in [2.24, 2.45) is 0 Å². The number of ether oxygens (including phenoxy) is 1. The van der Waals surface area contributed by atoms with Gasteiger partial charge >= 0.3 is 0 Å². The van der Waals surface area contributed by atoms with E-state index in [0.717, 1.165) is 12.2 Å². The van der Waals surface area contributed by atoms with Crippen LogP contribution in [-0.2, 0) is 6.42 Å². The number of nitrogens with zero attached hydrogens (tertiary/aromatic N) is 1. The lowest BCUT2D eigenvalue weighted by atomic mass is 9.93. The summed E-state index contributed by atoms with van der Waals surface area (Å²) < 4.78 is 10.5. The van der Waals surface area contributed by atoms with Crippen LogP contribution >= 0.6 is 0 Å². The number of hydrogen-bond acceptors (Lipinski definition) is 3. The highest BCUT2D eigenvalue weighted by Crippen LogP contribution is 2.32. The number of carbonyl (C=O) groups excluding carboxylic acids is 1. The quantitative estimate of drug-likeness (QED) is 0.843. The summed E-state index contributed by atoms with van der Waals surface area (Å²) in [5.41, 5.74) is 2.43. The highest BCUT2D eigenvalue weighted by molar-refractivity contribution is 5.92. The van der Waals surface area contributed by atoms with E-state index in [1.807, 2.05) is 24.0 Å². The Morgan fingerprint density at radius 3 is 2.95 bits per heavy atom. The number of carbonyl (C=O) groups is 1. The lowest BCUT2D eigenvalue weighted by Gasteiger charge is -2.34. The van der Waals surface area contributed by atoms with Gasteiger partial charge in [0.1, 0.15) is 5.75 Å². The first kappa shape index (κ1) is 12.8. The molecule has 20 heavy (non-hydrogen) atoms. The number of fused-ring (bicyclic) bond motifs is 1. The second-order valence-electron chi connectivity index (χ2n) is 4.97. The number of hydrogen-bond donors (Lipinski definition) is 0. The van der Waals surface area contributed by atoms with Crippen molar-refractivity contribution in [2.75, 3.05) is 13.7 Å². The first-order valence-electron chi connectivity index (χ1n) is 6.72. The van der Waals surface area contributed by atoms with Crippen LogP contribution in [0, 0.1) is 0 Å². The number of benzene rings is 1. The van der Waals surface area contributed by atoms with Crippen molar-refractivity contribution in [2.45, 2.75) is 19.4 Å². The topological polar surface area (TPSA) is 42.7 Å². The highest BCUT2D eigenvalue weighted by Gasteiger charge is 2.29. The van der Waals surface area contributed by atoms with Crippen molar-refractivity contribution >= 4 is 5.91 Å². The van der Waals surface area contributed by atoms with Crippen LogP contribution < -0.4 is 4.74 Å². The van der Waals surface area contributed by atoms with Crippen molar-refractivity contribution in [3.05, 3.63) is 53.5 Å². The predicted molar refractivity (Wildman–Crippen MR) is 74.9 cm³/mol. The molecule has 0 saturated heterocycles. The Balaban J connectivity index is 1.89. The zero-order chi connectivity index (χ0) is 14.1. The molecule has 4 heteroatoms. The summed E-state index contributed by atoms with van der Waals surface area (Å²) >= 11 is 0. The Kier molecular flexibility index (Phi) is 3.22. The summed E-state index contributed by atoms with van der Waals surface area (Å²) in [4.78, 5) is 14.3. The summed E-state index contributed by atoms with van der Waals surface area (Å²) in [6, 6.07) is 9.53. The average molecular weight is 271 g/mol.